The largest absolute Gasteiger partial charge is 0.491 e. The first-order chi connectivity index (χ1) is 12.6. The number of guanidine groups is 1. The van der Waals surface area contributed by atoms with Crippen LogP contribution in [0.5, 0.6) is 5.75 Å². The van der Waals surface area contributed by atoms with Crippen molar-refractivity contribution in [1.82, 2.24) is 10.2 Å². The molecule has 0 radical (unpaired) electrons. The van der Waals surface area contributed by atoms with E-state index in [0.717, 1.165) is 55.3 Å². The maximum Gasteiger partial charge on any atom is 0.308 e. The van der Waals surface area contributed by atoms with Gasteiger partial charge < -0.3 is 19.7 Å². The van der Waals surface area contributed by atoms with Crippen molar-refractivity contribution < 1.29 is 14.3 Å². The Morgan fingerprint density at radius 3 is 2.44 bits per heavy atom. The Hall–Kier alpha value is -1.51. The van der Waals surface area contributed by atoms with Gasteiger partial charge in [-0.3, -0.25) is 4.79 Å². The molecular weight excluding hydrogens is 457 g/mol. The summed E-state index contributed by atoms with van der Waals surface area (Å²) >= 11 is 0. The van der Waals surface area contributed by atoms with Crippen LogP contribution in [0.1, 0.15) is 30.9 Å². The molecular formula is C20H32IN3O3. The average molecular weight is 489 g/mol. The minimum Gasteiger partial charge on any atom is -0.491 e. The van der Waals surface area contributed by atoms with Crippen LogP contribution < -0.4 is 10.1 Å². The van der Waals surface area contributed by atoms with E-state index in [1.807, 2.05) is 6.07 Å². The topological polar surface area (TPSA) is 63.2 Å². The Labute approximate surface area is 179 Å². The SMILES string of the molecule is CCNC(=NCCOc1c(C)cccc1C)N1CCC(C(=O)OC)CC1.I. The highest BCUT2D eigenvalue weighted by molar-refractivity contribution is 14.0. The van der Waals surface area contributed by atoms with Gasteiger partial charge in [0, 0.05) is 19.6 Å². The highest BCUT2D eigenvalue weighted by Gasteiger charge is 2.26. The van der Waals surface area contributed by atoms with E-state index in [0.29, 0.717) is 13.2 Å². The number of aliphatic imine (C=N–C) groups is 1. The normalized spacial score (nSPS) is 15.1. The average Bonchev–Trinajstić information content (AvgIpc) is 2.65. The molecule has 0 bridgehead atoms. The summed E-state index contributed by atoms with van der Waals surface area (Å²) in [4.78, 5) is 18.6. The quantitative estimate of drug-likeness (QED) is 0.219. The fourth-order valence-corrected chi connectivity index (χ4v) is 3.25. The standard InChI is InChI=1S/C20H31N3O3.HI/c1-5-21-20(23-12-9-17(10-13-23)19(24)25-4)22-11-14-26-18-15(2)7-6-8-16(18)3;/h6-8,17H,5,9-14H2,1-4H3,(H,21,22);1H. The molecule has 0 aromatic heterocycles. The zero-order valence-corrected chi connectivity index (χ0v) is 19.1. The van der Waals surface area contributed by atoms with Crippen molar-refractivity contribution in [2.75, 3.05) is 39.9 Å². The number of aryl methyl sites for hydroxylation is 2. The smallest absolute Gasteiger partial charge is 0.308 e. The zero-order chi connectivity index (χ0) is 18.9. The van der Waals surface area contributed by atoms with Crippen LogP contribution in [0.3, 0.4) is 0 Å². The number of nitrogens with one attached hydrogen (secondary N) is 1. The van der Waals surface area contributed by atoms with Crippen LogP contribution in [0.2, 0.25) is 0 Å². The molecule has 1 N–H and O–H groups in total. The molecule has 1 aliphatic heterocycles. The number of hydrogen-bond donors (Lipinski definition) is 1. The van der Waals surface area contributed by atoms with Crippen molar-refractivity contribution in [3.05, 3.63) is 29.3 Å². The molecule has 27 heavy (non-hydrogen) atoms. The van der Waals surface area contributed by atoms with Crippen LogP contribution in [-0.4, -0.2) is 56.7 Å². The molecule has 1 aromatic rings. The molecule has 2 rings (SSSR count). The lowest BCUT2D eigenvalue weighted by Gasteiger charge is -2.33. The van der Waals surface area contributed by atoms with Gasteiger partial charge in [-0.05, 0) is 44.7 Å². The minimum atomic E-state index is -0.103. The minimum absolute atomic E-state index is 0. The van der Waals surface area contributed by atoms with E-state index in [1.54, 1.807) is 0 Å². The molecule has 0 amide bonds. The molecule has 1 aromatic carbocycles. The number of ether oxygens (including phenoxy) is 2. The number of piperidine rings is 1. The molecule has 1 aliphatic rings. The number of rotatable bonds is 6. The van der Waals surface area contributed by atoms with Crippen LogP contribution in [0.4, 0.5) is 0 Å². The second-order valence-electron chi connectivity index (χ2n) is 6.59. The zero-order valence-electron chi connectivity index (χ0n) is 16.8. The van der Waals surface area contributed by atoms with Crippen molar-refractivity contribution >= 4 is 35.9 Å². The van der Waals surface area contributed by atoms with E-state index in [2.05, 4.69) is 43.1 Å². The Balaban J connectivity index is 0.00000364. The Kier molecular flexibility index (Phi) is 10.5. The number of nitrogens with zero attached hydrogens (tertiary/aromatic N) is 2. The van der Waals surface area contributed by atoms with E-state index in [9.17, 15) is 4.79 Å². The van der Waals surface area contributed by atoms with Gasteiger partial charge >= 0.3 is 5.97 Å². The Bertz CT molecular complexity index is 609. The van der Waals surface area contributed by atoms with E-state index >= 15 is 0 Å². The summed E-state index contributed by atoms with van der Waals surface area (Å²) < 4.78 is 10.8. The monoisotopic (exact) mass is 489 g/mol. The first-order valence-corrected chi connectivity index (χ1v) is 9.37. The fourth-order valence-electron chi connectivity index (χ4n) is 3.25. The van der Waals surface area contributed by atoms with Gasteiger partial charge in [0.1, 0.15) is 12.4 Å². The van der Waals surface area contributed by atoms with Crippen molar-refractivity contribution in [3.8, 4) is 5.75 Å². The van der Waals surface area contributed by atoms with Crippen molar-refractivity contribution in [2.45, 2.75) is 33.6 Å². The highest BCUT2D eigenvalue weighted by Crippen LogP contribution is 2.22. The molecule has 0 aliphatic carbocycles. The number of carbonyl (C=O) groups excluding carboxylic acids is 1. The first-order valence-electron chi connectivity index (χ1n) is 9.37. The second-order valence-corrected chi connectivity index (χ2v) is 6.59. The Morgan fingerprint density at radius 1 is 1.26 bits per heavy atom. The molecule has 0 spiro atoms. The highest BCUT2D eigenvalue weighted by atomic mass is 127. The van der Waals surface area contributed by atoms with E-state index in [4.69, 9.17) is 14.5 Å². The van der Waals surface area contributed by atoms with E-state index in [1.165, 1.54) is 7.11 Å². The predicted octanol–water partition coefficient (Wildman–Crippen LogP) is 3.15. The van der Waals surface area contributed by atoms with Gasteiger partial charge in [-0.2, -0.15) is 0 Å². The molecule has 152 valence electrons. The Morgan fingerprint density at radius 2 is 1.89 bits per heavy atom. The van der Waals surface area contributed by atoms with Crippen LogP contribution in [-0.2, 0) is 9.53 Å². The third-order valence-electron chi connectivity index (χ3n) is 4.67. The van der Waals surface area contributed by atoms with Crippen molar-refractivity contribution in [3.63, 3.8) is 0 Å². The molecule has 0 saturated carbocycles. The number of hydrogen-bond acceptors (Lipinski definition) is 4. The number of benzene rings is 1. The molecule has 0 unspecified atom stereocenters. The summed E-state index contributed by atoms with van der Waals surface area (Å²) in [5.74, 6) is 1.74. The fraction of sp³-hybridized carbons (Fsp3) is 0.600. The maximum atomic E-state index is 11.7. The number of methoxy groups -OCH3 is 1. The van der Waals surface area contributed by atoms with Gasteiger partial charge in [-0.1, -0.05) is 18.2 Å². The summed E-state index contributed by atoms with van der Waals surface area (Å²) in [7, 11) is 1.45. The molecule has 1 saturated heterocycles. The lowest BCUT2D eigenvalue weighted by atomic mass is 9.97. The molecule has 1 fully saturated rings. The lowest BCUT2D eigenvalue weighted by molar-refractivity contribution is -0.146. The van der Waals surface area contributed by atoms with E-state index in [-0.39, 0.29) is 35.9 Å². The summed E-state index contributed by atoms with van der Waals surface area (Å²) in [6, 6.07) is 6.15. The maximum absolute atomic E-state index is 11.7. The summed E-state index contributed by atoms with van der Waals surface area (Å²) in [6.45, 7) is 9.73. The van der Waals surface area contributed by atoms with Gasteiger partial charge in [0.25, 0.3) is 0 Å². The van der Waals surface area contributed by atoms with Crippen molar-refractivity contribution in [1.29, 1.82) is 0 Å². The summed E-state index contributed by atoms with van der Waals surface area (Å²) in [5.41, 5.74) is 2.29. The van der Waals surface area contributed by atoms with E-state index < -0.39 is 0 Å². The predicted molar refractivity (Wildman–Crippen MR) is 119 cm³/mol. The van der Waals surface area contributed by atoms with Crippen LogP contribution in [0.25, 0.3) is 0 Å². The van der Waals surface area contributed by atoms with Crippen LogP contribution >= 0.6 is 24.0 Å². The number of carbonyl (C=O) groups is 1. The van der Waals surface area contributed by atoms with Gasteiger partial charge in [0.15, 0.2) is 5.96 Å². The summed E-state index contributed by atoms with van der Waals surface area (Å²) in [5, 5.41) is 3.34. The number of likely N-dealkylation sites (tertiary alicyclic amines) is 1. The van der Waals surface area contributed by atoms with Crippen molar-refractivity contribution in [2.24, 2.45) is 10.9 Å². The van der Waals surface area contributed by atoms with Crippen LogP contribution in [0, 0.1) is 19.8 Å². The first kappa shape index (κ1) is 23.5. The number of para-hydroxylation sites is 1. The molecule has 1 heterocycles. The number of esters is 1. The van der Waals surface area contributed by atoms with Gasteiger partial charge in [-0.25, -0.2) is 4.99 Å². The third kappa shape index (κ3) is 6.86. The summed E-state index contributed by atoms with van der Waals surface area (Å²) in [6.07, 6.45) is 1.60. The second kappa shape index (κ2) is 12.0. The van der Waals surface area contributed by atoms with Gasteiger partial charge in [-0.15, -0.1) is 24.0 Å². The number of halogens is 1. The van der Waals surface area contributed by atoms with Crippen LogP contribution in [0.15, 0.2) is 23.2 Å². The molecule has 0 atom stereocenters. The van der Waals surface area contributed by atoms with Gasteiger partial charge in [0.05, 0.1) is 19.6 Å². The third-order valence-corrected chi connectivity index (χ3v) is 4.67. The lowest BCUT2D eigenvalue weighted by Crippen LogP contribution is -2.46. The molecule has 6 nitrogen and oxygen atoms in total. The van der Waals surface area contributed by atoms with Gasteiger partial charge in [0.2, 0.25) is 0 Å². The molecule has 7 heteroatoms.